The monoisotopic (exact) mass is 298 g/mol. The molecular weight excluding hydrogens is 288 g/mol. The van der Waals surface area contributed by atoms with Gasteiger partial charge in [0.05, 0.1) is 11.9 Å². The topological polar surface area (TPSA) is 52.1 Å². The molecule has 0 unspecified atom stereocenters. The summed E-state index contributed by atoms with van der Waals surface area (Å²) >= 11 is 6.14. The first kappa shape index (κ1) is 13.5. The number of aryl methyl sites for hydroxylation is 1. The van der Waals surface area contributed by atoms with Crippen LogP contribution in [0.4, 0.5) is 0 Å². The summed E-state index contributed by atoms with van der Waals surface area (Å²) in [5, 5.41) is 2.22. The number of halogens is 1. The van der Waals surface area contributed by atoms with Gasteiger partial charge in [0.25, 0.3) is 0 Å². The van der Waals surface area contributed by atoms with Crippen LogP contribution in [0.25, 0.3) is 10.8 Å². The second kappa shape index (κ2) is 5.50. The molecule has 0 amide bonds. The highest BCUT2D eigenvalue weighted by molar-refractivity contribution is 6.35. The summed E-state index contributed by atoms with van der Waals surface area (Å²) < 4.78 is 5.41. The Morgan fingerprint density at radius 2 is 1.81 bits per heavy atom. The molecule has 0 aliphatic rings. The molecule has 0 saturated heterocycles. The van der Waals surface area contributed by atoms with Crippen LogP contribution in [-0.2, 0) is 0 Å². The number of nitrogens with zero attached hydrogens (tertiary/aromatic N) is 2. The molecule has 0 bridgehead atoms. The van der Waals surface area contributed by atoms with Crippen molar-refractivity contribution in [2.45, 2.75) is 6.92 Å². The van der Waals surface area contributed by atoms with Crippen molar-refractivity contribution >= 4 is 28.3 Å². The van der Waals surface area contributed by atoms with E-state index in [1.54, 1.807) is 19.1 Å². The first-order chi connectivity index (χ1) is 10.1. The highest BCUT2D eigenvalue weighted by Crippen LogP contribution is 2.31. The van der Waals surface area contributed by atoms with Gasteiger partial charge < -0.3 is 4.74 Å². The van der Waals surface area contributed by atoms with E-state index < -0.39 is 5.97 Å². The van der Waals surface area contributed by atoms with Crippen LogP contribution in [0.3, 0.4) is 0 Å². The number of hydrogen-bond acceptors (Lipinski definition) is 4. The van der Waals surface area contributed by atoms with Crippen LogP contribution in [0, 0.1) is 6.92 Å². The average Bonchev–Trinajstić information content (AvgIpc) is 2.51. The molecule has 21 heavy (non-hydrogen) atoms. The van der Waals surface area contributed by atoms with Crippen molar-refractivity contribution in [3.05, 3.63) is 65.2 Å². The Labute approximate surface area is 126 Å². The van der Waals surface area contributed by atoms with E-state index in [-0.39, 0.29) is 5.69 Å². The second-order valence-corrected chi connectivity index (χ2v) is 4.93. The van der Waals surface area contributed by atoms with Gasteiger partial charge >= 0.3 is 5.97 Å². The summed E-state index contributed by atoms with van der Waals surface area (Å²) in [6.07, 6.45) is 2.92. The van der Waals surface area contributed by atoms with Crippen molar-refractivity contribution in [2.75, 3.05) is 0 Å². The molecular formula is C16H11ClN2O2. The van der Waals surface area contributed by atoms with Gasteiger partial charge in [-0.2, -0.15) is 0 Å². The maximum Gasteiger partial charge on any atom is 0.363 e. The Balaban J connectivity index is 1.97. The summed E-state index contributed by atoms with van der Waals surface area (Å²) in [5.74, 6) is -0.0997. The van der Waals surface area contributed by atoms with Crippen LogP contribution in [-0.4, -0.2) is 15.9 Å². The van der Waals surface area contributed by atoms with E-state index in [1.807, 2.05) is 24.3 Å². The Hall–Kier alpha value is -2.46. The van der Waals surface area contributed by atoms with Gasteiger partial charge in [-0.05, 0) is 19.1 Å². The number of hydrogen-bond donors (Lipinski definition) is 0. The van der Waals surface area contributed by atoms with Gasteiger partial charge in [-0.1, -0.05) is 35.9 Å². The minimum Gasteiger partial charge on any atom is -0.421 e. The van der Waals surface area contributed by atoms with Crippen LogP contribution in [0.5, 0.6) is 5.75 Å². The summed E-state index contributed by atoms with van der Waals surface area (Å²) in [7, 11) is 0. The number of ether oxygens (including phenoxy) is 1. The van der Waals surface area contributed by atoms with Crippen LogP contribution < -0.4 is 4.74 Å². The van der Waals surface area contributed by atoms with E-state index in [1.165, 1.54) is 12.4 Å². The largest absolute Gasteiger partial charge is 0.421 e. The third-order valence-electron chi connectivity index (χ3n) is 3.02. The van der Waals surface area contributed by atoms with Crippen molar-refractivity contribution in [3.63, 3.8) is 0 Å². The molecule has 2 aromatic carbocycles. The predicted octanol–water partition coefficient (Wildman–Crippen LogP) is 3.81. The number of rotatable bonds is 2. The van der Waals surface area contributed by atoms with Gasteiger partial charge in [-0.3, -0.25) is 4.98 Å². The van der Waals surface area contributed by atoms with Gasteiger partial charge in [0, 0.05) is 22.0 Å². The van der Waals surface area contributed by atoms with Crippen molar-refractivity contribution < 1.29 is 9.53 Å². The first-order valence-corrected chi connectivity index (χ1v) is 6.71. The third-order valence-corrected chi connectivity index (χ3v) is 3.35. The fourth-order valence-electron chi connectivity index (χ4n) is 1.97. The van der Waals surface area contributed by atoms with Crippen LogP contribution in [0.15, 0.2) is 48.8 Å². The lowest BCUT2D eigenvalue weighted by Gasteiger charge is -2.08. The van der Waals surface area contributed by atoms with Crippen LogP contribution in [0.1, 0.15) is 16.2 Å². The molecule has 5 heteroatoms. The van der Waals surface area contributed by atoms with E-state index in [0.29, 0.717) is 10.8 Å². The summed E-state index contributed by atoms with van der Waals surface area (Å²) in [6, 6.07) is 10.8. The second-order valence-electron chi connectivity index (χ2n) is 4.52. The summed E-state index contributed by atoms with van der Waals surface area (Å²) in [5.41, 5.74) is 0.906. The number of esters is 1. The highest BCUT2D eigenvalue weighted by Gasteiger charge is 2.13. The Bertz CT molecular complexity index is 816. The molecule has 0 N–H and O–H groups in total. The molecule has 4 nitrogen and oxygen atoms in total. The highest BCUT2D eigenvalue weighted by atomic mass is 35.5. The van der Waals surface area contributed by atoms with E-state index in [4.69, 9.17) is 16.3 Å². The Morgan fingerprint density at radius 1 is 1.05 bits per heavy atom. The normalized spacial score (nSPS) is 10.6. The van der Waals surface area contributed by atoms with Crippen molar-refractivity contribution in [1.82, 2.24) is 9.97 Å². The smallest absolute Gasteiger partial charge is 0.363 e. The quantitative estimate of drug-likeness (QED) is 0.533. The summed E-state index contributed by atoms with van der Waals surface area (Å²) in [4.78, 5) is 20.1. The SMILES string of the molecule is Cc1cnc(C(=O)Oc2ccc(Cl)c3ccccc23)cn1. The predicted molar refractivity (Wildman–Crippen MR) is 80.7 cm³/mol. The minimum atomic E-state index is -0.546. The van der Waals surface area contributed by atoms with Gasteiger partial charge in [0.15, 0.2) is 5.69 Å². The Morgan fingerprint density at radius 3 is 2.52 bits per heavy atom. The molecule has 1 aromatic heterocycles. The van der Waals surface area contributed by atoms with Crippen molar-refractivity contribution in [3.8, 4) is 5.75 Å². The molecule has 3 rings (SSSR count). The van der Waals surface area contributed by atoms with E-state index in [0.717, 1.165) is 16.5 Å². The van der Waals surface area contributed by atoms with E-state index in [2.05, 4.69) is 9.97 Å². The number of benzene rings is 2. The third kappa shape index (κ3) is 2.71. The lowest BCUT2D eigenvalue weighted by molar-refractivity contribution is 0.0730. The van der Waals surface area contributed by atoms with Crippen molar-refractivity contribution in [2.24, 2.45) is 0 Å². The van der Waals surface area contributed by atoms with Crippen LogP contribution >= 0.6 is 11.6 Å². The first-order valence-electron chi connectivity index (χ1n) is 6.33. The maximum atomic E-state index is 12.1. The lowest BCUT2D eigenvalue weighted by Crippen LogP contribution is -2.11. The van der Waals surface area contributed by atoms with Crippen LogP contribution in [0.2, 0.25) is 5.02 Å². The molecule has 0 aliphatic carbocycles. The van der Waals surface area contributed by atoms with Gasteiger partial charge in [0.1, 0.15) is 5.75 Å². The fourth-order valence-corrected chi connectivity index (χ4v) is 2.20. The van der Waals surface area contributed by atoms with Crippen molar-refractivity contribution in [1.29, 1.82) is 0 Å². The zero-order chi connectivity index (χ0) is 14.8. The molecule has 0 atom stereocenters. The number of carbonyl (C=O) groups excluding carboxylic acids is 1. The minimum absolute atomic E-state index is 0.166. The average molecular weight is 299 g/mol. The molecule has 1 heterocycles. The number of carbonyl (C=O) groups is 1. The van der Waals surface area contributed by atoms with Gasteiger partial charge in [-0.25, -0.2) is 9.78 Å². The molecule has 104 valence electrons. The molecule has 0 saturated carbocycles. The molecule has 0 fully saturated rings. The Kier molecular flexibility index (Phi) is 3.54. The number of aromatic nitrogens is 2. The molecule has 0 radical (unpaired) electrons. The fraction of sp³-hybridized carbons (Fsp3) is 0.0625. The molecule has 0 aliphatic heterocycles. The van der Waals surface area contributed by atoms with E-state index in [9.17, 15) is 4.79 Å². The maximum absolute atomic E-state index is 12.1. The standard InChI is InChI=1S/C16H11ClN2O2/c1-10-8-19-14(9-18-10)16(20)21-15-7-6-13(17)11-4-2-3-5-12(11)15/h2-9H,1H3. The van der Waals surface area contributed by atoms with E-state index >= 15 is 0 Å². The zero-order valence-electron chi connectivity index (χ0n) is 11.2. The van der Waals surface area contributed by atoms with Gasteiger partial charge in [-0.15, -0.1) is 0 Å². The summed E-state index contributed by atoms with van der Waals surface area (Å²) in [6.45, 7) is 1.80. The molecule has 0 spiro atoms. The number of fused-ring (bicyclic) bond motifs is 1. The van der Waals surface area contributed by atoms with Gasteiger partial charge in [0.2, 0.25) is 0 Å². The zero-order valence-corrected chi connectivity index (χ0v) is 12.0. The molecule has 3 aromatic rings. The lowest BCUT2D eigenvalue weighted by atomic mass is 10.1.